The second-order valence-corrected chi connectivity index (χ2v) is 10.3. The van der Waals surface area contributed by atoms with Gasteiger partial charge < -0.3 is 15.1 Å². The zero-order valence-corrected chi connectivity index (χ0v) is 20.0. The van der Waals surface area contributed by atoms with Crippen molar-refractivity contribution < 1.29 is 14.0 Å². The van der Waals surface area contributed by atoms with Crippen molar-refractivity contribution in [2.75, 3.05) is 0 Å². The van der Waals surface area contributed by atoms with Crippen LogP contribution in [0.1, 0.15) is 76.0 Å². The number of carbonyl (C=O) groups excluding carboxylic acids is 2. The molecule has 1 aromatic carbocycles. The maximum atomic E-state index is 12.6. The predicted octanol–water partition coefficient (Wildman–Crippen LogP) is 3.92. The third kappa shape index (κ3) is 5.44. The van der Waals surface area contributed by atoms with Crippen LogP contribution in [-0.4, -0.2) is 40.3 Å². The van der Waals surface area contributed by atoms with Gasteiger partial charge in [-0.05, 0) is 69.2 Å². The minimum Gasteiger partial charge on any atom is -0.420 e. The molecule has 5 rings (SSSR count). The Morgan fingerprint density at radius 3 is 2.62 bits per heavy atom. The molecule has 182 valence electrons. The van der Waals surface area contributed by atoms with Crippen molar-refractivity contribution in [3.05, 3.63) is 35.2 Å². The highest BCUT2D eigenvalue weighted by Gasteiger charge is 2.37. The summed E-state index contributed by atoms with van der Waals surface area (Å²) in [7, 11) is 0. The van der Waals surface area contributed by atoms with Crippen molar-refractivity contribution >= 4 is 23.4 Å². The first-order valence-electron chi connectivity index (χ1n) is 12.5. The van der Waals surface area contributed by atoms with E-state index in [0.717, 1.165) is 50.5 Å². The number of aromatic nitrogens is 2. The Labute approximate surface area is 204 Å². The summed E-state index contributed by atoms with van der Waals surface area (Å²) >= 11 is 5.95. The van der Waals surface area contributed by atoms with Crippen LogP contribution in [0.2, 0.25) is 5.02 Å². The summed E-state index contributed by atoms with van der Waals surface area (Å²) in [5, 5.41) is 18.9. The molecule has 3 unspecified atom stereocenters. The highest BCUT2D eigenvalue weighted by molar-refractivity contribution is 6.30. The van der Waals surface area contributed by atoms with E-state index in [1.165, 1.54) is 6.42 Å². The molecule has 1 aliphatic heterocycles. The fourth-order valence-electron chi connectivity index (χ4n) is 5.55. The Bertz CT molecular complexity index is 1000. The first kappa shape index (κ1) is 23.3. The van der Waals surface area contributed by atoms with Gasteiger partial charge in [-0.15, -0.1) is 10.2 Å². The molecule has 9 heteroatoms. The van der Waals surface area contributed by atoms with E-state index in [1.807, 2.05) is 12.1 Å². The summed E-state index contributed by atoms with van der Waals surface area (Å²) in [4.78, 5) is 24.9. The summed E-state index contributed by atoms with van der Waals surface area (Å²) in [5.41, 5.74) is 0.853. The first-order valence-corrected chi connectivity index (χ1v) is 12.9. The number of hydrogen-bond donors (Lipinski definition) is 3. The minimum absolute atomic E-state index is 0.0491. The lowest BCUT2D eigenvalue weighted by Crippen LogP contribution is -2.62. The van der Waals surface area contributed by atoms with Crippen LogP contribution in [0.25, 0.3) is 11.5 Å². The average Bonchev–Trinajstić information content (AvgIpc) is 3.34. The Morgan fingerprint density at radius 1 is 1.06 bits per heavy atom. The van der Waals surface area contributed by atoms with Crippen molar-refractivity contribution in [2.45, 2.75) is 88.4 Å². The van der Waals surface area contributed by atoms with Gasteiger partial charge in [-0.2, -0.15) is 0 Å². The van der Waals surface area contributed by atoms with Gasteiger partial charge in [-0.3, -0.25) is 14.9 Å². The standard InChI is InChI=1S/C25H32ClN5O3/c26-17-9-5-15(6-10-17)24-30-31-25(34-24)16-7-11-18(12-8-16)27-22(32)14-13-21-28-20-4-2-1-3-19(20)23(33)29-21/h5-6,9-10,16,18-21,28H,1-4,7-8,11-14H2,(H,27,32)(H,29,33). The lowest BCUT2D eigenvalue weighted by atomic mass is 9.82. The highest BCUT2D eigenvalue weighted by atomic mass is 35.5. The van der Waals surface area contributed by atoms with Gasteiger partial charge in [0.05, 0.1) is 12.1 Å². The molecule has 3 N–H and O–H groups in total. The normalized spacial score (nSPS) is 29.2. The van der Waals surface area contributed by atoms with E-state index in [1.54, 1.807) is 12.1 Å². The van der Waals surface area contributed by atoms with Crippen molar-refractivity contribution in [3.8, 4) is 11.5 Å². The molecule has 0 bridgehead atoms. The van der Waals surface area contributed by atoms with Gasteiger partial charge >= 0.3 is 0 Å². The maximum Gasteiger partial charge on any atom is 0.247 e. The molecule has 0 spiro atoms. The second kappa shape index (κ2) is 10.4. The van der Waals surface area contributed by atoms with Gasteiger partial charge in [0.2, 0.25) is 23.6 Å². The van der Waals surface area contributed by atoms with Gasteiger partial charge in [0.25, 0.3) is 0 Å². The zero-order valence-electron chi connectivity index (χ0n) is 19.3. The van der Waals surface area contributed by atoms with Crippen LogP contribution in [0.15, 0.2) is 28.7 Å². The molecule has 2 amide bonds. The number of rotatable bonds is 6. The smallest absolute Gasteiger partial charge is 0.247 e. The number of hydrogen-bond acceptors (Lipinski definition) is 6. The van der Waals surface area contributed by atoms with Crippen LogP contribution in [0.5, 0.6) is 0 Å². The monoisotopic (exact) mass is 485 g/mol. The number of fused-ring (bicyclic) bond motifs is 1. The first-order chi connectivity index (χ1) is 16.5. The van der Waals surface area contributed by atoms with Gasteiger partial charge in [-0.1, -0.05) is 24.4 Å². The Hall–Kier alpha value is -2.45. The minimum atomic E-state index is -0.110. The van der Waals surface area contributed by atoms with Gasteiger partial charge in [-0.25, -0.2) is 0 Å². The molecule has 2 aromatic rings. The molecule has 0 radical (unpaired) electrons. The molecule has 3 fully saturated rings. The SMILES string of the molecule is O=C(CCC1NC(=O)C2CCCCC2N1)NC1CCC(c2nnc(-c3ccc(Cl)cc3)o2)CC1. The predicted molar refractivity (Wildman–Crippen MR) is 128 cm³/mol. The van der Waals surface area contributed by atoms with Crippen LogP contribution in [0, 0.1) is 5.92 Å². The number of amides is 2. The molecule has 2 saturated carbocycles. The van der Waals surface area contributed by atoms with Crippen molar-refractivity contribution in [2.24, 2.45) is 5.92 Å². The summed E-state index contributed by atoms with van der Waals surface area (Å²) < 4.78 is 5.92. The zero-order chi connectivity index (χ0) is 23.5. The third-order valence-electron chi connectivity index (χ3n) is 7.47. The molecule has 8 nitrogen and oxygen atoms in total. The van der Waals surface area contributed by atoms with Crippen LogP contribution in [-0.2, 0) is 9.59 Å². The molecule has 3 atom stereocenters. The molecule has 3 aliphatic rings. The fraction of sp³-hybridized carbons (Fsp3) is 0.600. The lowest BCUT2D eigenvalue weighted by Gasteiger charge is -2.40. The average molecular weight is 486 g/mol. The number of nitrogens with zero attached hydrogens (tertiary/aromatic N) is 2. The van der Waals surface area contributed by atoms with E-state index < -0.39 is 0 Å². The van der Waals surface area contributed by atoms with E-state index in [4.69, 9.17) is 16.0 Å². The van der Waals surface area contributed by atoms with E-state index >= 15 is 0 Å². The van der Waals surface area contributed by atoms with Crippen molar-refractivity contribution in [1.82, 2.24) is 26.1 Å². The van der Waals surface area contributed by atoms with E-state index in [-0.39, 0.29) is 41.9 Å². The molecule has 2 aliphatic carbocycles. The van der Waals surface area contributed by atoms with Gasteiger partial charge in [0, 0.05) is 35.0 Å². The van der Waals surface area contributed by atoms with Crippen LogP contribution in [0.3, 0.4) is 0 Å². The highest BCUT2D eigenvalue weighted by Crippen LogP contribution is 2.34. The summed E-state index contributed by atoms with van der Waals surface area (Å²) in [5.74, 6) is 1.67. The fourth-order valence-corrected chi connectivity index (χ4v) is 5.67. The molecular formula is C25H32ClN5O3. The summed E-state index contributed by atoms with van der Waals surface area (Å²) in [6, 6.07) is 7.77. The second-order valence-electron chi connectivity index (χ2n) is 9.83. The quantitative estimate of drug-likeness (QED) is 0.572. The molecular weight excluding hydrogens is 454 g/mol. The summed E-state index contributed by atoms with van der Waals surface area (Å²) in [6.07, 6.45) is 8.79. The molecule has 34 heavy (non-hydrogen) atoms. The van der Waals surface area contributed by atoms with Crippen molar-refractivity contribution in [1.29, 1.82) is 0 Å². The lowest BCUT2D eigenvalue weighted by molar-refractivity contribution is -0.131. The third-order valence-corrected chi connectivity index (χ3v) is 7.72. The molecule has 1 saturated heterocycles. The largest absolute Gasteiger partial charge is 0.420 e. The number of nitrogens with one attached hydrogen (secondary N) is 3. The number of carbonyl (C=O) groups is 2. The van der Waals surface area contributed by atoms with Gasteiger partial charge in [0.15, 0.2) is 0 Å². The molecule has 2 heterocycles. The topological polar surface area (TPSA) is 109 Å². The van der Waals surface area contributed by atoms with Crippen LogP contribution >= 0.6 is 11.6 Å². The maximum absolute atomic E-state index is 12.6. The Morgan fingerprint density at radius 2 is 1.82 bits per heavy atom. The van der Waals surface area contributed by atoms with E-state index in [0.29, 0.717) is 29.6 Å². The summed E-state index contributed by atoms with van der Waals surface area (Å²) in [6.45, 7) is 0. The Kier molecular flexibility index (Phi) is 7.15. The number of benzene rings is 1. The van der Waals surface area contributed by atoms with Crippen molar-refractivity contribution in [3.63, 3.8) is 0 Å². The van der Waals surface area contributed by atoms with E-state index in [9.17, 15) is 9.59 Å². The van der Waals surface area contributed by atoms with E-state index in [2.05, 4.69) is 26.1 Å². The van der Waals surface area contributed by atoms with Crippen LogP contribution < -0.4 is 16.0 Å². The van der Waals surface area contributed by atoms with Crippen LogP contribution in [0.4, 0.5) is 0 Å². The number of halogens is 1. The van der Waals surface area contributed by atoms with Gasteiger partial charge in [0.1, 0.15) is 0 Å². The Balaban J connectivity index is 1.05. The molecule has 1 aromatic heterocycles.